The van der Waals surface area contributed by atoms with Gasteiger partial charge >= 0.3 is 36.6 Å². The zero-order chi connectivity index (χ0) is 55.2. The standard InChI is InChI=1S/C22H15ClF8N6O.C21H16ClF8N5O/c1-36-13(10-3-4-12(23)11(7-10)18(38)34-19(9-32)5-6-19)8-33-17(36)15-14(21(26,27)28)16(35-37(15)2)20(24,25)22(29,30)31;1-34-13(15-14(20(25,26)27)16(33-35(15)2)19(23,24)21(28,29)30)8-31-17(34)9-3-6-12(22)11(7-9)18(36)32-10-4-5-10/h3-4,7-8H,5-6H2,1-2H3,(H,34,38);3,6-8,10H,4-5H2,1-2H3,(H,32,36). The summed E-state index contributed by atoms with van der Waals surface area (Å²) in [7, 11) is 4.04. The van der Waals surface area contributed by atoms with Gasteiger partial charge in [0.2, 0.25) is 0 Å². The third kappa shape index (κ3) is 10.1. The van der Waals surface area contributed by atoms with E-state index in [1.54, 1.807) is 0 Å². The normalized spacial score (nSPS) is 15.1. The Labute approximate surface area is 414 Å². The molecule has 6 aromatic rings. The monoisotopic (exact) mass is 1110 g/mol. The molecule has 0 radical (unpaired) electrons. The Morgan fingerprint density at radius 3 is 1.54 bits per heavy atom. The van der Waals surface area contributed by atoms with Crippen LogP contribution in [0.25, 0.3) is 45.6 Å². The molecular weight excluding hydrogens is 1080 g/mol. The molecular formula is C43H31Cl2F16N11O2. The third-order valence-corrected chi connectivity index (χ3v) is 12.3. The fourth-order valence-electron chi connectivity index (χ4n) is 7.50. The van der Waals surface area contributed by atoms with Gasteiger partial charge in [-0.1, -0.05) is 29.3 Å². The highest BCUT2D eigenvalue weighted by Gasteiger charge is 2.65. The molecule has 2 aliphatic rings. The molecule has 2 saturated carbocycles. The minimum atomic E-state index is -6.34. The summed E-state index contributed by atoms with van der Waals surface area (Å²) in [6.07, 6.45) is -19.5. The average Bonchev–Trinajstić information content (AvgIpc) is 4.09. The maximum atomic E-state index is 14.0. The lowest BCUT2D eigenvalue weighted by Gasteiger charge is -2.20. The van der Waals surface area contributed by atoms with E-state index in [1.165, 1.54) is 50.5 Å². The zero-order valence-electron chi connectivity index (χ0n) is 37.7. The number of hydrogen-bond donors (Lipinski definition) is 2. The second kappa shape index (κ2) is 18.5. The number of hydrogen-bond acceptors (Lipinski definition) is 7. The molecule has 2 amide bonds. The maximum absolute atomic E-state index is 14.0. The Morgan fingerprint density at radius 2 is 1.07 bits per heavy atom. The van der Waals surface area contributed by atoms with Crippen molar-refractivity contribution in [2.45, 2.75) is 73.8 Å². The van der Waals surface area contributed by atoms with E-state index in [2.05, 4.69) is 30.8 Å². The van der Waals surface area contributed by atoms with E-state index in [4.69, 9.17) is 23.2 Å². The van der Waals surface area contributed by atoms with E-state index >= 15 is 0 Å². The molecule has 2 fully saturated rings. The predicted molar refractivity (Wildman–Crippen MR) is 227 cm³/mol. The summed E-state index contributed by atoms with van der Waals surface area (Å²) in [6.45, 7) is 0. The Bertz CT molecular complexity index is 3240. The Hall–Kier alpha value is -6.83. The second-order valence-electron chi connectivity index (χ2n) is 16.9. The molecule has 2 N–H and O–H groups in total. The van der Waals surface area contributed by atoms with Crippen LogP contribution < -0.4 is 10.6 Å². The van der Waals surface area contributed by atoms with Gasteiger partial charge in [-0.25, -0.2) is 9.97 Å². The Balaban J connectivity index is 0.000000217. The fourth-order valence-corrected chi connectivity index (χ4v) is 7.91. The number of aromatic nitrogens is 8. The highest BCUT2D eigenvalue weighted by Crippen LogP contribution is 2.52. The number of rotatable bonds is 10. The first kappa shape index (κ1) is 54.9. The van der Waals surface area contributed by atoms with Gasteiger partial charge in [0.25, 0.3) is 11.8 Å². The van der Waals surface area contributed by atoms with Crippen molar-refractivity contribution in [1.82, 2.24) is 49.3 Å². The van der Waals surface area contributed by atoms with Gasteiger partial charge in [-0.05, 0) is 56.0 Å². The lowest BCUT2D eigenvalue weighted by Crippen LogP contribution is -2.36. The van der Waals surface area contributed by atoms with Crippen molar-refractivity contribution in [2.24, 2.45) is 28.2 Å². The van der Waals surface area contributed by atoms with Gasteiger partial charge in [-0.15, -0.1) is 0 Å². The number of nitrogens with zero attached hydrogens (tertiary/aromatic N) is 9. The molecule has 2 aliphatic carbocycles. The third-order valence-electron chi connectivity index (χ3n) is 11.6. The van der Waals surface area contributed by atoms with Crippen LogP contribution in [0.1, 0.15) is 68.9 Å². The summed E-state index contributed by atoms with van der Waals surface area (Å²) in [5.41, 5.74) is -12.6. The lowest BCUT2D eigenvalue weighted by molar-refractivity contribution is -0.292. The smallest absolute Gasteiger partial charge is 0.349 e. The number of amides is 2. The molecule has 0 atom stereocenters. The number of nitrogens with one attached hydrogen (secondary N) is 2. The summed E-state index contributed by atoms with van der Waals surface area (Å²) in [5, 5.41) is 20.4. The van der Waals surface area contributed by atoms with Crippen LogP contribution in [0.2, 0.25) is 10.0 Å². The van der Waals surface area contributed by atoms with E-state index < -0.39 is 99.3 Å². The molecule has 0 bridgehead atoms. The predicted octanol–water partition coefficient (Wildman–Crippen LogP) is 11.3. The van der Waals surface area contributed by atoms with Crippen molar-refractivity contribution in [3.8, 4) is 51.6 Å². The van der Waals surface area contributed by atoms with E-state index in [0.717, 1.165) is 48.5 Å². The van der Waals surface area contributed by atoms with Crippen LogP contribution in [0.4, 0.5) is 70.2 Å². The number of benzene rings is 2. The molecule has 31 heteroatoms. The number of aryl methyl sites for hydroxylation is 2. The van der Waals surface area contributed by atoms with Crippen LogP contribution in [0.15, 0.2) is 48.8 Å². The van der Waals surface area contributed by atoms with Crippen LogP contribution in [-0.2, 0) is 52.4 Å². The molecule has 0 spiro atoms. The molecule has 8 rings (SSSR count). The van der Waals surface area contributed by atoms with Gasteiger partial charge in [0.1, 0.15) is 28.2 Å². The maximum Gasteiger partial charge on any atom is 0.459 e. The van der Waals surface area contributed by atoms with Gasteiger partial charge in [-0.2, -0.15) is 85.7 Å². The first-order chi connectivity index (χ1) is 34.0. The number of halogens is 18. The van der Waals surface area contributed by atoms with E-state index in [1.807, 2.05) is 6.07 Å². The molecule has 74 heavy (non-hydrogen) atoms. The number of carbonyl (C=O) groups excluding carboxylic acids is 2. The van der Waals surface area contributed by atoms with Crippen molar-refractivity contribution in [2.75, 3.05) is 0 Å². The summed E-state index contributed by atoms with van der Waals surface area (Å²) < 4.78 is 220. The van der Waals surface area contributed by atoms with Crippen LogP contribution >= 0.6 is 23.2 Å². The van der Waals surface area contributed by atoms with Gasteiger partial charge in [0, 0.05) is 45.4 Å². The van der Waals surface area contributed by atoms with Gasteiger partial charge in [-0.3, -0.25) is 19.0 Å². The van der Waals surface area contributed by atoms with Crippen LogP contribution in [0, 0.1) is 11.3 Å². The van der Waals surface area contributed by atoms with Crippen molar-refractivity contribution in [1.29, 1.82) is 5.26 Å². The van der Waals surface area contributed by atoms with Crippen molar-refractivity contribution < 1.29 is 79.8 Å². The van der Waals surface area contributed by atoms with E-state index in [0.29, 0.717) is 17.5 Å². The number of nitriles is 1. The summed E-state index contributed by atoms with van der Waals surface area (Å²) in [5.74, 6) is -13.5. The molecule has 0 saturated heterocycles. The molecule has 4 heterocycles. The topological polar surface area (TPSA) is 153 Å². The molecule has 0 aliphatic heterocycles. The molecule has 0 unspecified atom stereocenters. The summed E-state index contributed by atoms with van der Waals surface area (Å²) in [6, 6.07) is 10.2. The number of imidazole rings is 2. The van der Waals surface area contributed by atoms with Crippen molar-refractivity contribution >= 4 is 35.0 Å². The van der Waals surface area contributed by atoms with Crippen LogP contribution in [-0.4, -0.2) is 74.4 Å². The highest BCUT2D eigenvalue weighted by molar-refractivity contribution is 6.34. The Kier molecular flexibility index (Phi) is 13.8. The van der Waals surface area contributed by atoms with Crippen molar-refractivity contribution in [3.63, 3.8) is 0 Å². The first-order valence-electron chi connectivity index (χ1n) is 20.8. The molecule has 13 nitrogen and oxygen atoms in total. The van der Waals surface area contributed by atoms with Crippen LogP contribution in [0.5, 0.6) is 0 Å². The summed E-state index contributed by atoms with van der Waals surface area (Å²) in [4.78, 5) is 33.0. The minimum Gasteiger partial charge on any atom is -0.349 e. The largest absolute Gasteiger partial charge is 0.459 e. The number of carbonyl (C=O) groups is 2. The van der Waals surface area contributed by atoms with Gasteiger partial charge < -0.3 is 19.8 Å². The van der Waals surface area contributed by atoms with Gasteiger partial charge in [0.05, 0.1) is 56.7 Å². The highest BCUT2D eigenvalue weighted by atomic mass is 35.5. The lowest BCUT2D eigenvalue weighted by atomic mass is 10.1. The average molecular weight is 1110 g/mol. The molecule has 396 valence electrons. The van der Waals surface area contributed by atoms with Crippen molar-refractivity contribution in [3.05, 3.63) is 92.5 Å². The minimum absolute atomic E-state index is 0.000551. The summed E-state index contributed by atoms with van der Waals surface area (Å²) >= 11 is 12.2. The van der Waals surface area contributed by atoms with E-state index in [9.17, 15) is 85.1 Å². The quantitative estimate of drug-likeness (QED) is 0.130. The Morgan fingerprint density at radius 1 is 0.635 bits per heavy atom. The van der Waals surface area contributed by atoms with Gasteiger partial charge in [0.15, 0.2) is 17.2 Å². The fraction of sp³-hybridized carbons (Fsp3) is 0.372. The van der Waals surface area contributed by atoms with Crippen LogP contribution in [0.3, 0.4) is 0 Å². The molecule has 2 aromatic carbocycles. The first-order valence-corrected chi connectivity index (χ1v) is 21.6. The molecule has 4 aromatic heterocycles. The van der Waals surface area contributed by atoms with E-state index in [-0.39, 0.29) is 54.5 Å². The second-order valence-corrected chi connectivity index (χ2v) is 17.7. The SMILES string of the molecule is Cn1nc(C(F)(F)C(F)(F)F)c(C(F)(F)F)c1-c1cnc(-c2ccc(Cl)c(C(=O)NC3CC3)c2)n1C.Cn1nc(C(F)(F)C(F)(F)F)c(C(F)(F)F)c1-c1ncc(-c2ccc(Cl)c(C(=O)NC3(C#N)CC3)c2)n1C. The number of alkyl halides is 16. The zero-order valence-corrected chi connectivity index (χ0v) is 39.2.